The van der Waals surface area contributed by atoms with Crippen LogP contribution in [-0.2, 0) is 4.79 Å². The number of nitrogens with zero attached hydrogens (tertiary/aromatic N) is 1. The van der Waals surface area contributed by atoms with Crippen molar-refractivity contribution in [3.8, 4) is 0 Å². The van der Waals surface area contributed by atoms with Crippen molar-refractivity contribution >= 4 is 12.0 Å². The second-order valence-electron chi connectivity index (χ2n) is 5.84. The first kappa shape index (κ1) is 17.8. The Morgan fingerprint density at radius 3 is 2.33 bits per heavy atom. The highest BCUT2D eigenvalue weighted by atomic mass is 16.4. The lowest BCUT2D eigenvalue weighted by molar-refractivity contribution is -0.139. The molecule has 0 bridgehead atoms. The summed E-state index contributed by atoms with van der Waals surface area (Å²) in [5.74, 6) is -0.840. The summed E-state index contributed by atoms with van der Waals surface area (Å²) in [6, 6.07) is -1.06. The van der Waals surface area contributed by atoms with Gasteiger partial charge in [0.2, 0.25) is 0 Å². The van der Waals surface area contributed by atoms with E-state index < -0.39 is 12.0 Å². The van der Waals surface area contributed by atoms with Gasteiger partial charge in [-0.1, -0.05) is 13.8 Å². The number of rotatable bonds is 10. The number of aliphatic carboxylic acids is 1. The van der Waals surface area contributed by atoms with E-state index in [1.54, 1.807) is 0 Å². The van der Waals surface area contributed by atoms with Crippen molar-refractivity contribution in [1.82, 2.24) is 15.5 Å². The minimum atomic E-state index is -0.943. The Morgan fingerprint density at radius 1 is 1.24 bits per heavy atom. The Morgan fingerprint density at radius 2 is 1.86 bits per heavy atom. The van der Waals surface area contributed by atoms with Gasteiger partial charge >= 0.3 is 12.0 Å². The van der Waals surface area contributed by atoms with Crippen LogP contribution in [0.1, 0.15) is 46.5 Å². The van der Waals surface area contributed by atoms with Gasteiger partial charge in [-0.15, -0.1) is 0 Å². The third-order valence-corrected chi connectivity index (χ3v) is 4.03. The molecule has 1 aliphatic carbocycles. The predicted molar refractivity (Wildman–Crippen MR) is 82.3 cm³/mol. The van der Waals surface area contributed by atoms with Gasteiger partial charge in [0, 0.05) is 6.04 Å². The molecule has 2 amide bonds. The Balaban J connectivity index is 2.22. The Hall–Kier alpha value is -1.30. The van der Waals surface area contributed by atoms with Crippen molar-refractivity contribution in [2.75, 3.05) is 19.6 Å². The number of carboxylic acid groups (broad SMARTS) is 1. The molecule has 0 radical (unpaired) electrons. The summed E-state index contributed by atoms with van der Waals surface area (Å²) in [4.78, 5) is 25.2. The number of carbonyl (C=O) groups excluding carboxylic acids is 1. The lowest BCUT2D eigenvalue weighted by Gasteiger charge is -2.21. The van der Waals surface area contributed by atoms with Crippen molar-refractivity contribution in [3.63, 3.8) is 0 Å². The molecule has 0 heterocycles. The number of amides is 2. The maximum Gasteiger partial charge on any atom is 0.326 e. The molecule has 122 valence electrons. The van der Waals surface area contributed by atoms with E-state index in [1.165, 1.54) is 0 Å². The van der Waals surface area contributed by atoms with Crippen LogP contribution in [0.2, 0.25) is 0 Å². The van der Waals surface area contributed by atoms with E-state index in [0.29, 0.717) is 0 Å². The van der Waals surface area contributed by atoms with Gasteiger partial charge in [-0.2, -0.15) is 0 Å². The molecule has 6 heteroatoms. The molecule has 2 unspecified atom stereocenters. The Kier molecular flexibility index (Phi) is 7.50. The Bertz CT molecular complexity index is 341. The predicted octanol–water partition coefficient (Wildman–Crippen LogP) is 1.66. The normalized spacial score (nSPS) is 17.3. The lowest BCUT2D eigenvalue weighted by Crippen LogP contribution is -2.49. The molecule has 0 aromatic carbocycles. The summed E-state index contributed by atoms with van der Waals surface area (Å²) in [5, 5.41) is 14.5. The molecular weight excluding hydrogens is 270 g/mol. The summed E-state index contributed by atoms with van der Waals surface area (Å²) >= 11 is 0. The first-order chi connectivity index (χ1) is 9.97. The van der Waals surface area contributed by atoms with E-state index >= 15 is 0 Å². The van der Waals surface area contributed by atoms with E-state index in [4.69, 9.17) is 5.11 Å². The smallest absolute Gasteiger partial charge is 0.326 e. The number of carboxylic acids is 1. The van der Waals surface area contributed by atoms with Gasteiger partial charge in [-0.25, -0.2) is 9.59 Å². The molecule has 0 saturated heterocycles. The molecule has 2 atom stereocenters. The lowest BCUT2D eigenvalue weighted by atomic mass is 10.1. The zero-order chi connectivity index (χ0) is 15.8. The van der Waals surface area contributed by atoms with E-state index in [9.17, 15) is 9.59 Å². The van der Waals surface area contributed by atoms with Crippen LogP contribution in [0.15, 0.2) is 0 Å². The van der Waals surface area contributed by atoms with Gasteiger partial charge < -0.3 is 20.6 Å². The van der Waals surface area contributed by atoms with Gasteiger partial charge in [0.25, 0.3) is 0 Å². The topological polar surface area (TPSA) is 81.7 Å². The van der Waals surface area contributed by atoms with Gasteiger partial charge in [-0.05, 0) is 58.2 Å². The summed E-state index contributed by atoms with van der Waals surface area (Å²) in [6.07, 6.45) is 3.69. The highest BCUT2D eigenvalue weighted by molar-refractivity contribution is 5.83. The van der Waals surface area contributed by atoms with Crippen molar-refractivity contribution in [2.24, 2.45) is 5.92 Å². The third kappa shape index (κ3) is 6.80. The summed E-state index contributed by atoms with van der Waals surface area (Å²) in [6.45, 7) is 9.35. The number of hydrogen-bond acceptors (Lipinski definition) is 3. The third-order valence-electron chi connectivity index (χ3n) is 4.03. The van der Waals surface area contributed by atoms with Gasteiger partial charge in [0.05, 0.1) is 0 Å². The van der Waals surface area contributed by atoms with Gasteiger partial charge in [0.1, 0.15) is 6.04 Å². The molecular formula is C15H29N3O3. The van der Waals surface area contributed by atoms with Crippen molar-refractivity contribution in [2.45, 2.75) is 58.5 Å². The van der Waals surface area contributed by atoms with Crippen LogP contribution in [0.25, 0.3) is 0 Å². The van der Waals surface area contributed by atoms with E-state index in [1.807, 2.05) is 6.92 Å². The summed E-state index contributed by atoms with van der Waals surface area (Å²) in [7, 11) is 0. The first-order valence-corrected chi connectivity index (χ1v) is 8.00. The number of hydrogen-bond donors (Lipinski definition) is 3. The highest BCUT2D eigenvalue weighted by Gasteiger charge is 2.37. The number of carbonyl (C=O) groups is 2. The van der Waals surface area contributed by atoms with E-state index in [2.05, 4.69) is 29.4 Å². The quantitative estimate of drug-likeness (QED) is 0.573. The standard InChI is InChI=1S/C15H29N3O3/c1-4-18(5-2)10-6-7-11(3)16-15(21)17-13(14(19)20)12-8-9-12/h11-13H,4-10H2,1-3H3,(H,19,20)(H2,16,17,21). The molecule has 6 nitrogen and oxygen atoms in total. The van der Waals surface area contributed by atoms with E-state index in [0.717, 1.165) is 45.3 Å². The molecule has 0 aromatic heterocycles. The van der Waals surface area contributed by atoms with Crippen LogP contribution in [0.5, 0.6) is 0 Å². The van der Waals surface area contributed by atoms with Gasteiger partial charge in [0.15, 0.2) is 0 Å². The number of nitrogens with one attached hydrogen (secondary N) is 2. The maximum atomic E-state index is 11.8. The van der Waals surface area contributed by atoms with Crippen LogP contribution in [0.3, 0.4) is 0 Å². The molecule has 1 fully saturated rings. The largest absolute Gasteiger partial charge is 0.480 e. The Labute approximate surface area is 127 Å². The van der Waals surface area contributed by atoms with Crippen molar-refractivity contribution in [3.05, 3.63) is 0 Å². The molecule has 0 spiro atoms. The van der Waals surface area contributed by atoms with Crippen LogP contribution < -0.4 is 10.6 Å². The summed E-state index contributed by atoms with van der Waals surface area (Å²) < 4.78 is 0. The summed E-state index contributed by atoms with van der Waals surface area (Å²) in [5.41, 5.74) is 0. The van der Waals surface area contributed by atoms with Crippen LogP contribution in [-0.4, -0.2) is 53.7 Å². The molecule has 1 aliphatic rings. The average molecular weight is 299 g/mol. The first-order valence-electron chi connectivity index (χ1n) is 8.00. The highest BCUT2D eigenvalue weighted by Crippen LogP contribution is 2.32. The fourth-order valence-electron chi connectivity index (χ4n) is 2.45. The zero-order valence-corrected chi connectivity index (χ0v) is 13.4. The zero-order valence-electron chi connectivity index (χ0n) is 13.4. The maximum absolute atomic E-state index is 11.8. The minimum Gasteiger partial charge on any atom is -0.480 e. The second-order valence-corrected chi connectivity index (χ2v) is 5.84. The average Bonchev–Trinajstić information content (AvgIpc) is 3.25. The molecule has 3 N–H and O–H groups in total. The molecule has 0 aromatic rings. The molecule has 0 aliphatic heterocycles. The molecule has 1 saturated carbocycles. The fourth-order valence-corrected chi connectivity index (χ4v) is 2.45. The molecule has 21 heavy (non-hydrogen) atoms. The SMILES string of the molecule is CCN(CC)CCCC(C)NC(=O)NC(C(=O)O)C1CC1. The molecule has 1 rings (SSSR count). The van der Waals surface area contributed by atoms with Crippen LogP contribution in [0, 0.1) is 5.92 Å². The monoisotopic (exact) mass is 299 g/mol. The van der Waals surface area contributed by atoms with Crippen molar-refractivity contribution in [1.29, 1.82) is 0 Å². The number of urea groups is 1. The van der Waals surface area contributed by atoms with Crippen LogP contribution in [0.4, 0.5) is 4.79 Å². The second kappa shape index (κ2) is 8.87. The minimum absolute atomic E-state index is 0.0502. The van der Waals surface area contributed by atoms with Gasteiger partial charge in [-0.3, -0.25) is 0 Å². The van der Waals surface area contributed by atoms with E-state index in [-0.39, 0.29) is 18.0 Å². The fraction of sp³-hybridized carbons (Fsp3) is 0.867. The van der Waals surface area contributed by atoms with Crippen molar-refractivity contribution < 1.29 is 14.7 Å². The van der Waals surface area contributed by atoms with Crippen LogP contribution >= 0.6 is 0 Å².